The number of aliphatic hydroxyl groups is 1. The molecular weight excluding hydrogens is 368 g/mol. The number of aryl methyl sites for hydroxylation is 1. The van der Waals surface area contributed by atoms with E-state index in [1.807, 2.05) is 22.8 Å². The van der Waals surface area contributed by atoms with Crippen molar-refractivity contribution >= 4 is 17.3 Å². The first-order chi connectivity index (χ1) is 14.2. The van der Waals surface area contributed by atoms with Crippen molar-refractivity contribution in [2.45, 2.75) is 51.6 Å². The maximum atomic E-state index is 9.49. The van der Waals surface area contributed by atoms with Gasteiger partial charge in [0.2, 0.25) is 5.88 Å². The summed E-state index contributed by atoms with van der Waals surface area (Å²) in [6.45, 7) is 3.81. The number of hydrogen-bond donors (Lipinski definition) is 3. The predicted octanol–water partition coefficient (Wildman–Crippen LogP) is 2.75. The normalized spacial score (nSPS) is 17.0. The first kappa shape index (κ1) is 19.4. The third-order valence-electron chi connectivity index (χ3n) is 5.58. The van der Waals surface area contributed by atoms with Crippen LogP contribution in [0, 0.1) is 0 Å². The summed E-state index contributed by atoms with van der Waals surface area (Å²) in [5.41, 5.74) is 2.94. The zero-order valence-electron chi connectivity index (χ0n) is 16.8. The highest BCUT2D eigenvalue weighted by atomic mass is 16.3. The lowest BCUT2D eigenvalue weighted by molar-refractivity contribution is 0.262. The van der Waals surface area contributed by atoms with Gasteiger partial charge >= 0.3 is 0 Å². The minimum absolute atomic E-state index is 0.0158. The van der Waals surface area contributed by atoms with Crippen molar-refractivity contribution < 1.29 is 10.2 Å². The van der Waals surface area contributed by atoms with Gasteiger partial charge in [-0.25, -0.2) is 9.97 Å². The first-order valence-corrected chi connectivity index (χ1v) is 10.3. The van der Waals surface area contributed by atoms with Gasteiger partial charge in [0, 0.05) is 49.6 Å². The van der Waals surface area contributed by atoms with Crippen LogP contribution in [-0.4, -0.2) is 49.0 Å². The highest BCUT2D eigenvalue weighted by Gasteiger charge is 2.24. The summed E-state index contributed by atoms with van der Waals surface area (Å²) in [5, 5.41) is 26.9. The smallest absolute Gasteiger partial charge is 0.210 e. The molecule has 3 N–H and O–H groups in total. The van der Waals surface area contributed by atoms with Gasteiger partial charge < -0.3 is 20.4 Å². The molecule has 1 aliphatic rings. The Kier molecular flexibility index (Phi) is 5.80. The average molecular weight is 396 g/mol. The number of fused-ring (bicyclic) bond motifs is 1. The van der Waals surface area contributed by atoms with Gasteiger partial charge in [-0.05, 0) is 37.7 Å². The topological polar surface area (TPSA) is 98.8 Å². The van der Waals surface area contributed by atoms with Crippen LogP contribution in [0.4, 0.5) is 11.6 Å². The zero-order valence-corrected chi connectivity index (χ0v) is 16.8. The Morgan fingerprint density at radius 3 is 2.90 bits per heavy atom. The van der Waals surface area contributed by atoms with Gasteiger partial charge in [-0.1, -0.05) is 13.0 Å². The lowest BCUT2D eigenvalue weighted by atomic mass is 9.99. The Morgan fingerprint density at radius 1 is 1.24 bits per heavy atom. The van der Waals surface area contributed by atoms with Crippen LogP contribution >= 0.6 is 0 Å². The van der Waals surface area contributed by atoms with E-state index in [0.717, 1.165) is 60.6 Å². The molecule has 4 rings (SSSR count). The summed E-state index contributed by atoms with van der Waals surface area (Å²) < 4.78 is 1.85. The fourth-order valence-corrected chi connectivity index (χ4v) is 3.98. The van der Waals surface area contributed by atoms with Gasteiger partial charge in [0.15, 0.2) is 5.65 Å². The SMILES string of the molecule is CCc1cnn2c(NCc3ccc(O)nc3)cc(N3CCCC[C@H]3CCO)nc12. The van der Waals surface area contributed by atoms with Crippen LogP contribution in [0.2, 0.25) is 0 Å². The number of nitrogens with zero attached hydrogens (tertiary/aromatic N) is 5. The largest absolute Gasteiger partial charge is 0.493 e. The molecule has 0 aromatic carbocycles. The molecule has 0 aliphatic carbocycles. The van der Waals surface area contributed by atoms with Crippen molar-refractivity contribution in [1.82, 2.24) is 19.6 Å². The quantitative estimate of drug-likeness (QED) is 0.565. The van der Waals surface area contributed by atoms with Crippen molar-refractivity contribution in [1.29, 1.82) is 0 Å². The highest BCUT2D eigenvalue weighted by molar-refractivity contribution is 5.61. The van der Waals surface area contributed by atoms with E-state index in [0.29, 0.717) is 12.6 Å². The number of hydrogen-bond acceptors (Lipinski definition) is 7. The molecule has 8 nitrogen and oxygen atoms in total. The van der Waals surface area contributed by atoms with E-state index in [1.165, 1.54) is 6.42 Å². The van der Waals surface area contributed by atoms with E-state index in [9.17, 15) is 10.2 Å². The van der Waals surface area contributed by atoms with E-state index in [-0.39, 0.29) is 12.5 Å². The predicted molar refractivity (Wildman–Crippen MR) is 112 cm³/mol. The van der Waals surface area contributed by atoms with Crippen LogP contribution in [0.3, 0.4) is 0 Å². The minimum atomic E-state index is 0.0158. The number of rotatable bonds is 7. The Hall–Kier alpha value is -2.87. The van der Waals surface area contributed by atoms with Gasteiger partial charge in [-0.2, -0.15) is 9.61 Å². The van der Waals surface area contributed by atoms with E-state index in [1.54, 1.807) is 12.3 Å². The van der Waals surface area contributed by atoms with Crippen LogP contribution in [0.25, 0.3) is 5.65 Å². The lowest BCUT2D eigenvalue weighted by Gasteiger charge is -2.36. The number of pyridine rings is 1. The Bertz CT molecular complexity index is 954. The molecule has 1 aliphatic heterocycles. The summed E-state index contributed by atoms with van der Waals surface area (Å²) in [5.74, 6) is 1.81. The second-order valence-electron chi connectivity index (χ2n) is 7.49. The lowest BCUT2D eigenvalue weighted by Crippen LogP contribution is -2.40. The molecule has 0 bridgehead atoms. The Labute approximate surface area is 170 Å². The monoisotopic (exact) mass is 396 g/mol. The molecule has 3 aromatic heterocycles. The van der Waals surface area contributed by atoms with Crippen LogP contribution in [0.15, 0.2) is 30.6 Å². The number of piperidine rings is 1. The van der Waals surface area contributed by atoms with Gasteiger partial charge in [0.1, 0.15) is 11.6 Å². The molecule has 0 amide bonds. The van der Waals surface area contributed by atoms with E-state index < -0.39 is 0 Å². The molecule has 0 radical (unpaired) electrons. The fourth-order valence-electron chi connectivity index (χ4n) is 3.98. The summed E-state index contributed by atoms with van der Waals surface area (Å²) in [7, 11) is 0. The minimum Gasteiger partial charge on any atom is -0.493 e. The Balaban J connectivity index is 1.68. The molecule has 1 saturated heterocycles. The number of aliphatic hydroxyl groups excluding tert-OH is 1. The molecule has 0 unspecified atom stereocenters. The first-order valence-electron chi connectivity index (χ1n) is 10.3. The van der Waals surface area contributed by atoms with Gasteiger partial charge in [-0.3, -0.25) is 0 Å². The van der Waals surface area contributed by atoms with Crippen LogP contribution in [0.5, 0.6) is 5.88 Å². The second kappa shape index (κ2) is 8.65. The molecule has 0 saturated carbocycles. The Morgan fingerprint density at radius 2 is 2.14 bits per heavy atom. The molecule has 4 heterocycles. The van der Waals surface area contributed by atoms with E-state index >= 15 is 0 Å². The number of nitrogens with one attached hydrogen (secondary N) is 1. The van der Waals surface area contributed by atoms with E-state index in [4.69, 9.17) is 4.98 Å². The van der Waals surface area contributed by atoms with Gasteiger partial charge in [-0.15, -0.1) is 0 Å². The fraction of sp³-hybridized carbons (Fsp3) is 0.476. The maximum Gasteiger partial charge on any atom is 0.210 e. The summed E-state index contributed by atoms with van der Waals surface area (Å²) in [6, 6.07) is 5.78. The highest BCUT2D eigenvalue weighted by Crippen LogP contribution is 2.29. The van der Waals surface area contributed by atoms with Crippen LogP contribution in [0.1, 0.15) is 43.7 Å². The van der Waals surface area contributed by atoms with E-state index in [2.05, 4.69) is 27.2 Å². The number of aromatic hydroxyl groups is 1. The van der Waals surface area contributed by atoms with Crippen molar-refractivity contribution in [3.05, 3.63) is 41.7 Å². The van der Waals surface area contributed by atoms with Crippen LogP contribution in [-0.2, 0) is 13.0 Å². The second-order valence-corrected chi connectivity index (χ2v) is 7.49. The third-order valence-corrected chi connectivity index (χ3v) is 5.58. The molecule has 154 valence electrons. The molecule has 1 fully saturated rings. The number of anilines is 2. The van der Waals surface area contributed by atoms with Gasteiger partial charge in [0.25, 0.3) is 0 Å². The molecule has 3 aromatic rings. The van der Waals surface area contributed by atoms with Crippen molar-refractivity contribution in [2.75, 3.05) is 23.4 Å². The molecule has 29 heavy (non-hydrogen) atoms. The summed E-state index contributed by atoms with van der Waals surface area (Å²) in [6.07, 6.45) is 8.56. The third kappa shape index (κ3) is 4.12. The zero-order chi connectivity index (χ0) is 20.2. The van der Waals surface area contributed by atoms with Crippen molar-refractivity contribution in [3.63, 3.8) is 0 Å². The van der Waals surface area contributed by atoms with Crippen molar-refractivity contribution in [3.8, 4) is 5.88 Å². The molecule has 1 atom stereocenters. The standard InChI is InChI=1S/C21H28N6O2/c1-2-16-14-24-27-18(22-12-15-6-7-20(29)23-13-15)11-19(25-21(16)27)26-9-4-3-5-17(26)8-10-28/h6-7,11,13-14,17,22,28H,2-5,8-10,12H2,1H3,(H,23,29)/t17-/m0/s1. The summed E-state index contributed by atoms with van der Waals surface area (Å²) in [4.78, 5) is 11.2. The number of aromatic nitrogens is 4. The van der Waals surface area contributed by atoms with Crippen molar-refractivity contribution in [2.24, 2.45) is 0 Å². The molecular formula is C21H28N6O2. The maximum absolute atomic E-state index is 9.49. The molecule has 8 heteroatoms. The average Bonchev–Trinajstić information content (AvgIpc) is 3.17. The summed E-state index contributed by atoms with van der Waals surface area (Å²) >= 11 is 0. The molecule has 0 spiro atoms. The van der Waals surface area contributed by atoms with Crippen LogP contribution < -0.4 is 10.2 Å². The van der Waals surface area contributed by atoms with Gasteiger partial charge in [0.05, 0.1) is 6.20 Å².